The zero-order chi connectivity index (χ0) is 10.1. The predicted molar refractivity (Wildman–Crippen MR) is 60.5 cm³/mol. The van der Waals surface area contributed by atoms with Gasteiger partial charge in [0.1, 0.15) is 0 Å². The zero-order valence-corrected chi connectivity index (χ0v) is 8.67. The van der Waals surface area contributed by atoms with E-state index in [9.17, 15) is 0 Å². The van der Waals surface area contributed by atoms with Crippen LogP contribution in [0.3, 0.4) is 0 Å². The SMILES string of the molecule is CCc1cc(N)c2cc(Cl)ccc2n1. The molecule has 1 aromatic heterocycles. The number of nitrogens with zero attached hydrogens (tertiary/aromatic N) is 1. The monoisotopic (exact) mass is 206 g/mol. The Balaban J connectivity index is 2.76. The Hall–Kier alpha value is -1.28. The average molecular weight is 207 g/mol. The van der Waals surface area contributed by atoms with Gasteiger partial charge in [-0.3, -0.25) is 4.98 Å². The summed E-state index contributed by atoms with van der Waals surface area (Å²) in [6, 6.07) is 7.47. The van der Waals surface area contributed by atoms with Crippen molar-refractivity contribution in [3.05, 3.63) is 35.0 Å². The van der Waals surface area contributed by atoms with Crippen LogP contribution >= 0.6 is 11.6 Å². The fourth-order valence-electron chi connectivity index (χ4n) is 1.46. The number of aryl methyl sites for hydroxylation is 1. The van der Waals surface area contributed by atoms with E-state index in [0.29, 0.717) is 5.02 Å². The van der Waals surface area contributed by atoms with Gasteiger partial charge in [-0.1, -0.05) is 18.5 Å². The Morgan fingerprint density at radius 3 is 2.86 bits per heavy atom. The molecule has 0 fully saturated rings. The second-order valence-electron chi connectivity index (χ2n) is 3.22. The van der Waals surface area contributed by atoms with Crippen LogP contribution in [-0.2, 0) is 6.42 Å². The number of nitrogens with two attached hydrogens (primary N) is 1. The van der Waals surface area contributed by atoms with Gasteiger partial charge < -0.3 is 5.73 Å². The van der Waals surface area contributed by atoms with Gasteiger partial charge in [0.05, 0.1) is 5.52 Å². The zero-order valence-electron chi connectivity index (χ0n) is 7.92. The summed E-state index contributed by atoms with van der Waals surface area (Å²) in [6.07, 6.45) is 0.892. The van der Waals surface area contributed by atoms with Crippen LogP contribution in [0.15, 0.2) is 24.3 Å². The molecule has 0 saturated heterocycles. The summed E-state index contributed by atoms with van der Waals surface area (Å²) in [5, 5.41) is 1.62. The number of fused-ring (bicyclic) bond motifs is 1. The van der Waals surface area contributed by atoms with Gasteiger partial charge >= 0.3 is 0 Å². The smallest absolute Gasteiger partial charge is 0.0727 e. The van der Waals surface area contributed by atoms with Crippen LogP contribution in [0.4, 0.5) is 5.69 Å². The van der Waals surface area contributed by atoms with E-state index in [1.807, 2.05) is 24.3 Å². The van der Waals surface area contributed by atoms with Crippen molar-refractivity contribution >= 4 is 28.2 Å². The predicted octanol–water partition coefficient (Wildman–Crippen LogP) is 3.03. The molecule has 0 aliphatic rings. The third-order valence-electron chi connectivity index (χ3n) is 2.22. The Morgan fingerprint density at radius 2 is 2.14 bits per heavy atom. The van der Waals surface area contributed by atoms with Gasteiger partial charge in [-0.25, -0.2) is 0 Å². The van der Waals surface area contributed by atoms with Crippen molar-refractivity contribution in [3.63, 3.8) is 0 Å². The molecule has 0 amide bonds. The van der Waals surface area contributed by atoms with E-state index in [-0.39, 0.29) is 0 Å². The maximum absolute atomic E-state index is 5.90. The Labute approximate surface area is 87.7 Å². The normalized spacial score (nSPS) is 10.7. The van der Waals surface area contributed by atoms with Crippen molar-refractivity contribution in [2.24, 2.45) is 0 Å². The highest BCUT2D eigenvalue weighted by Crippen LogP contribution is 2.24. The van der Waals surface area contributed by atoms with Gasteiger partial charge in [0.25, 0.3) is 0 Å². The minimum absolute atomic E-state index is 0.690. The van der Waals surface area contributed by atoms with Crippen LogP contribution in [0.1, 0.15) is 12.6 Å². The largest absolute Gasteiger partial charge is 0.398 e. The number of halogens is 1. The quantitative estimate of drug-likeness (QED) is 0.779. The summed E-state index contributed by atoms with van der Waals surface area (Å²) in [5.41, 5.74) is 8.57. The van der Waals surface area contributed by atoms with E-state index in [4.69, 9.17) is 17.3 Å². The number of pyridine rings is 1. The Kier molecular flexibility index (Phi) is 2.30. The van der Waals surface area contributed by atoms with E-state index in [0.717, 1.165) is 28.7 Å². The van der Waals surface area contributed by atoms with Gasteiger partial charge in [-0.05, 0) is 30.7 Å². The minimum Gasteiger partial charge on any atom is -0.398 e. The van der Waals surface area contributed by atoms with Crippen LogP contribution in [0.5, 0.6) is 0 Å². The summed E-state index contributed by atoms with van der Waals surface area (Å²) in [7, 11) is 0. The molecule has 1 aromatic carbocycles. The molecular formula is C11H11ClN2. The summed E-state index contributed by atoms with van der Waals surface area (Å²) >= 11 is 5.88. The lowest BCUT2D eigenvalue weighted by atomic mass is 10.1. The van der Waals surface area contributed by atoms with Crippen LogP contribution in [0.25, 0.3) is 10.9 Å². The molecule has 0 saturated carbocycles. The van der Waals surface area contributed by atoms with E-state index < -0.39 is 0 Å². The molecule has 0 aliphatic heterocycles. The van der Waals surface area contributed by atoms with Crippen molar-refractivity contribution in [2.45, 2.75) is 13.3 Å². The standard InChI is InChI=1S/C11H11ClN2/c1-2-8-6-10(13)9-5-7(12)3-4-11(9)14-8/h3-6H,2H2,1H3,(H2,13,14). The maximum atomic E-state index is 5.90. The van der Waals surface area contributed by atoms with Gasteiger partial charge in [-0.15, -0.1) is 0 Å². The molecule has 0 unspecified atom stereocenters. The fraction of sp³-hybridized carbons (Fsp3) is 0.182. The van der Waals surface area contributed by atoms with Gasteiger partial charge in [0, 0.05) is 21.8 Å². The van der Waals surface area contributed by atoms with Crippen molar-refractivity contribution in [2.75, 3.05) is 5.73 Å². The summed E-state index contributed by atoms with van der Waals surface area (Å²) in [6.45, 7) is 2.06. The van der Waals surface area contributed by atoms with Crippen molar-refractivity contribution in [1.29, 1.82) is 0 Å². The summed E-state index contributed by atoms with van der Waals surface area (Å²) in [4.78, 5) is 4.46. The van der Waals surface area contributed by atoms with Crippen LogP contribution in [-0.4, -0.2) is 4.98 Å². The first-order valence-electron chi connectivity index (χ1n) is 4.55. The molecule has 2 rings (SSSR count). The van der Waals surface area contributed by atoms with Crippen molar-refractivity contribution in [1.82, 2.24) is 4.98 Å². The van der Waals surface area contributed by atoms with Crippen LogP contribution in [0, 0.1) is 0 Å². The van der Waals surface area contributed by atoms with Gasteiger partial charge in [0.2, 0.25) is 0 Å². The van der Waals surface area contributed by atoms with Crippen LogP contribution < -0.4 is 5.73 Å². The second kappa shape index (κ2) is 3.46. The first kappa shape index (κ1) is 9.28. The number of anilines is 1. The molecule has 72 valence electrons. The summed E-state index contributed by atoms with van der Waals surface area (Å²) in [5.74, 6) is 0. The lowest BCUT2D eigenvalue weighted by Crippen LogP contribution is -1.94. The van der Waals surface area contributed by atoms with E-state index >= 15 is 0 Å². The van der Waals surface area contributed by atoms with E-state index in [1.54, 1.807) is 0 Å². The number of nitrogen functional groups attached to an aromatic ring is 1. The molecular weight excluding hydrogens is 196 g/mol. The molecule has 0 spiro atoms. The molecule has 0 radical (unpaired) electrons. The molecule has 0 aliphatic carbocycles. The lowest BCUT2D eigenvalue weighted by Gasteiger charge is -2.04. The number of aromatic nitrogens is 1. The molecule has 2 aromatic rings. The van der Waals surface area contributed by atoms with Crippen molar-refractivity contribution in [3.8, 4) is 0 Å². The van der Waals surface area contributed by atoms with Gasteiger partial charge in [-0.2, -0.15) is 0 Å². The number of hydrogen-bond donors (Lipinski definition) is 1. The number of rotatable bonds is 1. The van der Waals surface area contributed by atoms with Crippen molar-refractivity contribution < 1.29 is 0 Å². The molecule has 3 heteroatoms. The van der Waals surface area contributed by atoms with E-state index in [1.165, 1.54) is 0 Å². The average Bonchev–Trinajstić information content (AvgIpc) is 2.19. The highest BCUT2D eigenvalue weighted by atomic mass is 35.5. The highest BCUT2D eigenvalue weighted by Gasteiger charge is 2.02. The Morgan fingerprint density at radius 1 is 1.36 bits per heavy atom. The molecule has 0 atom stereocenters. The first-order valence-corrected chi connectivity index (χ1v) is 4.93. The highest BCUT2D eigenvalue weighted by molar-refractivity contribution is 6.31. The molecule has 14 heavy (non-hydrogen) atoms. The number of hydrogen-bond acceptors (Lipinski definition) is 2. The third-order valence-corrected chi connectivity index (χ3v) is 2.45. The Bertz CT molecular complexity index is 480. The summed E-state index contributed by atoms with van der Waals surface area (Å²) < 4.78 is 0. The molecule has 2 N–H and O–H groups in total. The molecule has 1 heterocycles. The fourth-order valence-corrected chi connectivity index (χ4v) is 1.63. The second-order valence-corrected chi connectivity index (χ2v) is 3.65. The van der Waals surface area contributed by atoms with Crippen LogP contribution in [0.2, 0.25) is 5.02 Å². The lowest BCUT2D eigenvalue weighted by molar-refractivity contribution is 1.06. The van der Waals surface area contributed by atoms with E-state index in [2.05, 4.69) is 11.9 Å². The topological polar surface area (TPSA) is 38.9 Å². The maximum Gasteiger partial charge on any atom is 0.0727 e. The molecule has 0 bridgehead atoms. The first-order chi connectivity index (χ1) is 6.70. The number of benzene rings is 1. The molecule has 2 nitrogen and oxygen atoms in total. The van der Waals surface area contributed by atoms with Gasteiger partial charge in [0.15, 0.2) is 0 Å². The third kappa shape index (κ3) is 1.53. The minimum atomic E-state index is 0.690.